The first kappa shape index (κ1) is 26.6. The predicted molar refractivity (Wildman–Crippen MR) is 149 cm³/mol. The first-order valence-corrected chi connectivity index (χ1v) is 13.3. The zero-order valence-electron chi connectivity index (χ0n) is 23.1. The molecule has 0 bridgehead atoms. The summed E-state index contributed by atoms with van der Waals surface area (Å²) in [7, 11) is 0. The molecule has 0 spiro atoms. The lowest BCUT2D eigenvalue weighted by Crippen LogP contribution is -2.38. The molecule has 8 nitrogen and oxygen atoms in total. The van der Waals surface area contributed by atoms with Gasteiger partial charge in [-0.05, 0) is 76.4 Å². The second kappa shape index (κ2) is 10.3. The van der Waals surface area contributed by atoms with Gasteiger partial charge in [-0.2, -0.15) is 0 Å². The summed E-state index contributed by atoms with van der Waals surface area (Å²) < 4.78 is 22.2. The van der Waals surface area contributed by atoms with Crippen LogP contribution in [0.4, 0.5) is 9.18 Å². The molecule has 0 radical (unpaired) electrons. The van der Waals surface area contributed by atoms with Crippen molar-refractivity contribution in [3.63, 3.8) is 0 Å². The second-order valence-corrected chi connectivity index (χ2v) is 11.2. The van der Waals surface area contributed by atoms with Gasteiger partial charge < -0.3 is 14.2 Å². The number of hydrogen-bond donors (Lipinski definition) is 0. The number of nitrogens with zero attached hydrogens (tertiary/aromatic N) is 5. The minimum Gasteiger partial charge on any atom is -0.444 e. The molecule has 1 aliphatic rings. The van der Waals surface area contributed by atoms with Crippen LogP contribution in [0.25, 0.3) is 28.0 Å². The standard InChI is InChI=1S/C30H34FN5O3/c1-19(2)36-25-12-14-34(29(38)39-30(3,4)5)13-11-23(25)24-8-9-26(33-28(24)36)35-15-10-20(16-27(35)37)21-6-7-22(17-31)32-18-21/h6-10,15-16,18-19H,11-14,17H2,1-5H3. The van der Waals surface area contributed by atoms with Crippen LogP contribution in [0.15, 0.2) is 53.6 Å². The molecule has 0 unspecified atom stereocenters. The number of halogens is 1. The maximum absolute atomic E-state index is 13.1. The van der Waals surface area contributed by atoms with Crippen LogP contribution in [0.1, 0.15) is 57.6 Å². The normalized spacial score (nSPS) is 14.0. The van der Waals surface area contributed by atoms with Gasteiger partial charge in [0.1, 0.15) is 23.7 Å². The molecule has 0 N–H and O–H groups in total. The van der Waals surface area contributed by atoms with Crippen LogP contribution in [0, 0.1) is 0 Å². The van der Waals surface area contributed by atoms with E-state index in [1.807, 2.05) is 39.0 Å². The number of amides is 1. The van der Waals surface area contributed by atoms with Crippen molar-refractivity contribution in [1.82, 2.24) is 24.0 Å². The second-order valence-electron chi connectivity index (χ2n) is 11.2. The van der Waals surface area contributed by atoms with Gasteiger partial charge in [0.2, 0.25) is 0 Å². The molecule has 0 saturated carbocycles. The van der Waals surface area contributed by atoms with E-state index in [0.717, 1.165) is 16.6 Å². The van der Waals surface area contributed by atoms with E-state index in [2.05, 4.69) is 23.4 Å². The molecular formula is C30H34FN5O3. The largest absolute Gasteiger partial charge is 0.444 e. The first-order chi connectivity index (χ1) is 18.6. The number of ether oxygens (including phenoxy) is 1. The fourth-order valence-electron chi connectivity index (χ4n) is 5.16. The van der Waals surface area contributed by atoms with Gasteiger partial charge in [-0.15, -0.1) is 0 Å². The molecule has 9 heteroatoms. The molecule has 4 aromatic rings. The Bertz CT molecular complexity index is 1580. The molecule has 0 aromatic carbocycles. The van der Waals surface area contributed by atoms with Crippen molar-refractivity contribution in [1.29, 1.82) is 0 Å². The predicted octanol–water partition coefficient (Wildman–Crippen LogP) is 5.64. The maximum Gasteiger partial charge on any atom is 0.410 e. The van der Waals surface area contributed by atoms with Crippen molar-refractivity contribution in [2.45, 2.75) is 65.8 Å². The van der Waals surface area contributed by atoms with Gasteiger partial charge in [0.15, 0.2) is 0 Å². The number of hydrogen-bond acceptors (Lipinski definition) is 5. The number of fused-ring (bicyclic) bond motifs is 3. The zero-order chi connectivity index (χ0) is 27.9. The molecule has 1 aliphatic heterocycles. The number of carbonyl (C=O) groups is 1. The smallest absolute Gasteiger partial charge is 0.410 e. The quantitative estimate of drug-likeness (QED) is 0.341. The molecule has 0 saturated heterocycles. The summed E-state index contributed by atoms with van der Waals surface area (Å²) in [4.78, 5) is 36.7. The third kappa shape index (κ3) is 5.30. The Morgan fingerprint density at radius 3 is 2.49 bits per heavy atom. The minimum absolute atomic E-state index is 0.144. The maximum atomic E-state index is 13.1. The van der Waals surface area contributed by atoms with Gasteiger partial charge in [-0.1, -0.05) is 6.07 Å². The lowest BCUT2D eigenvalue weighted by atomic mass is 10.1. The molecule has 4 aromatic heterocycles. The SMILES string of the molecule is CC(C)n1c2c(c3ccc(-n4ccc(-c5ccc(CF)nc5)cc4=O)nc31)CCN(C(=O)OC(C)(C)C)CC2. The van der Waals surface area contributed by atoms with Crippen LogP contribution in [0.5, 0.6) is 0 Å². The van der Waals surface area contributed by atoms with Gasteiger partial charge in [0.05, 0.1) is 5.69 Å². The van der Waals surface area contributed by atoms with E-state index in [9.17, 15) is 14.0 Å². The van der Waals surface area contributed by atoms with Crippen LogP contribution < -0.4 is 5.56 Å². The van der Waals surface area contributed by atoms with Crippen LogP contribution in [-0.2, 0) is 24.3 Å². The summed E-state index contributed by atoms with van der Waals surface area (Å²) in [5.74, 6) is 0.537. The molecule has 204 valence electrons. The number of rotatable bonds is 4. The lowest BCUT2D eigenvalue weighted by Gasteiger charge is -2.26. The van der Waals surface area contributed by atoms with E-state index < -0.39 is 12.3 Å². The number of carbonyl (C=O) groups excluding carboxylic acids is 1. The molecule has 39 heavy (non-hydrogen) atoms. The third-order valence-corrected chi connectivity index (χ3v) is 6.93. The third-order valence-electron chi connectivity index (χ3n) is 6.93. The number of aromatic nitrogens is 4. The Labute approximate surface area is 227 Å². The van der Waals surface area contributed by atoms with Crippen LogP contribution >= 0.6 is 0 Å². The molecular weight excluding hydrogens is 497 g/mol. The Balaban J connectivity index is 1.48. The van der Waals surface area contributed by atoms with Crippen LogP contribution in [0.2, 0.25) is 0 Å². The van der Waals surface area contributed by atoms with Gasteiger partial charge in [-0.3, -0.25) is 14.3 Å². The number of pyridine rings is 3. The van der Waals surface area contributed by atoms with Gasteiger partial charge in [0, 0.05) is 60.7 Å². The van der Waals surface area contributed by atoms with E-state index in [1.54, 1.807) is 35.5 Å². The van der Waals surface area contributed by atoms with E-state index in [0.29, 0.717) is 43.0 Å². The fraction of sp³-hybridized carbons (Fsp3) is 0.400. The zero-order valence-corrected chi connectivity index (χ0v) is 23.1. The van der Waals surface area contributed by atoms with E-state index in [-0.39, 0.29) is 17.7 Å². The van der Waals surface area contributed by atoms with Crippen molar-refractivity contribution >= 4 is 17.1 Å². The molecule has 5 rings (SSSR count). The molecule has 0 fully saturated rings. The van der Waals surface area contributed by atoms with E-state index >= 15 is 0 Å². The average molecular weight is 532 g/mol. The van der Waals surface area contributed by atoms with E-state index in [4.69, 9.17) is 9.72 Å². The van der Waals surface area contributed by atoms with Gasteiger partial charge in [-0.25, -0.2) is 14.2 Å². The summed E-state index contributed by atoms with van der Waals surface area (Å²) in [6, 6.07) is 10.8. The topological polar surface area (TPSA) is 82.3 Å². The molecule has 0 atom stereocenters. The Hall–Kier alpha value is -4.01. The van der Waals surface area contributed by atoms with Gasteiger partial charge in [0.25, 0.3) is 5.56 Å². The Morgan fingerprint density at radius 2 is 1.85 bits per heavy atom. The highest BCUT2D eigenvalue weighted by Crippen LogP contribution is 2.32. The van der Waals surface area contributed by atoms with Crippen molar-refractivity contribution in [2.24, 2.45) is 0 Å². The molecule has 0 aliphatic carbocycles. The lowest BCUT2D eigenvalue weighted by molar-refractivity contribution is 0.0258. The Morgan fingerprint density at radius 1 is 1.08 bits per heavy atom. The summed E-state index contributed by atoms with van der Waals surface area (Å²) >= 11 is 0. The molecule has 1 amide bonds. The van der Waals surface area contributed by atoms with Crippen molar-refractivity contribution in [2.75, 3.05) is 13.1 Å². The average Bonchev–Trinajstić information content (AvgIpc) is 3.03. The van der Waals surface area contributed by atoms with Crippen LogP contribution in [0.3, 0.4) is 0 Å². The van der Waals surface area contributed by atoms with Crippen molar-refractivity contribution < 1.29 is 13.9 Å². The molecule has 5 heterocycles. The fourth-order valence-corrected chi connectivity index (χ4v) is 5.16. The highest BCUT2D eigenvalue weighted by Gasteiger charge is 2.28. The first-order valence-electron chi connectivity index (χ1n) is 13.3. The monoisotopic (exact) mass is 531 g/mol. The Kier molecular flexibility index (Phi) is 7.01. The minimum atomic E-state index is -0.625. The van der Waals surface area contributed by atoms with Crippen molar-refractivity contribution in [3.8, 4) is 16.9 Å². The summed E-state index contributed by atoms with van der Waals surface area (Å²) in [5.41, 5.74) is 4.25. The van der Waals surface area contributed by atoms with Gasteiger partial charge >= 0.3 is 6.09 Å². The van der Waals surface area contributed by atoms with Crippen LogP contribution in [-0.4, -0.2) is 48.8 Å². The summed E-state index contributed by atoms with van der Waals surface area (Å²) in [6.45, 7) is 10.4. The number of alkyl halides is 1. The summed E-state index contributed by atoms with van der Waals surface area (Å²) in [5, 5.41) is 1.04. The van der Waals surface area contributed by atoms with Crippen molar-refractivity contribution in [3.05, 3.63) is 76.1 Å². The van der Waals surface area contributed by atoms with E-state index in [1.165, 1.54) is 15.8 Å². The summed E-state index contributed by atoms with van der Waals surface area (Å²) in [6.07, 6.45) is 4.40. The highest BCUT2D eigenvalue weighted by molar-refractivity contribution is 5.84. The highest BCUT2D eigenvalue weighted by atomic mass is 19.1.